The maximum Gasteiger partial charge on any atom is 0.138 e. The Kier molecular flexibility index (Phi) is 12.1. The zero-order valence-corrected chi connectivity index (χ0v) is 25.6. The molecule has 210 valence electrons. The molecule has 3 aromatic carbocycles. The molecule has 4 nitrogen and oxygen atoms in total. The van der Waals surface area contributed by atoms with Gasteiger partial charge in [-0.25, -0.2) is 4.98 Å². The Labute approximate surface area is 252 Å². The Morgan fingerprint density at radius 3 is 1.77 bits per heavy atom. The number of imidazole rings is 1. The lowest BCUT2D eigenvalue weighted by molar-refractivity contribution is 0.0108. The second kappa shape index (κ2) is 14.3. The van der Waals surface area contributed by atoms with E-state index >= 15 is 0 Å². The summed E-state index contributed by atoms with van der Waals surface area (Å²) in [5, 5.41) is 3.58. The van der Waals surface area contributed by atoms with Crippen molar-refractivity contribution in [1.82, 2.24) is 20.2 Å². The molecule has 1 atom stereocenters. The van der Waals surface area contributed by atoms with E-state index in [1.807, 2.05) is 0 Å². The quantitative estimate of drug-likeness (QED) is 0.235. The highest BCUT2D eigenvalue weighted by atomic mass is 35.5. The number of nitrogens with zero attached hydrogens (tertiary/aromatic N) is 2. The first-order valence-corrected chi connectivity index (χ1v) is 13.2. The fraction of sp³-hybridized carbons (Fsp3) is 0.344. The third kappa shape index (κ3) is 6.21. The standard InChI is InChI=1S/C32H38N4.3ClH/c1-23(2)32(36-21-19-33-20-22-36,29(26-14-7-5-8-15-26)27-16-9-6-10-17-27)30-25(4)34-31(35-30)28-18-12-11-13-24(28)3;;;/h5-18,23,29,33H,19-22H2,1-4H3,(H,34,35);3*1H. The monoisotopic (exact) mass is 586 g/mol. The van der Waals surface area contributed by atoms with Crippen LogP contribution in [0.4, 0.5) is 0 Å². The van der Waals surface area contributed by atoms with Gasteiger partial charge in [0.1, 0.15) is 5.82 Å². The minimum Gasteiger partial charge on any atom is -0.342 e. The topological polar surface area (TPSA) is 44.0 Å². The lowest BCUT2D eigenvalue weighted by Gasteiger charge is -2.53. The summed E-state index contributed by atoms with van der Waals surface area (Å²) in [7, 11) is 0. The van der Waals surface area contributed by atoms with Crippen molar-refractivity contribution in [3.05, 3.63) is 113 Å². The van der Waals surface area contributed by atoms with Gasteiger partial charge in [0.2, 0.25) is 0 Å². The largest absolute Gasteiger partial charge is 0.342 e. The SMILES string of the molecule is Cc1ccccc1-c1nc(C(C(C)C)(C(c2ccccc2)c2ccccc2)N2CCNCC2)c(C)[nH]1.Cl.Cl.Cl. The first kappa shape index (κ1) is 32.9. The van der Waals surface area contributed by atoms with Gasteiger partial charge in [0.25, 0.3) is 0 Å². The minimum absolute atomic E-state index is 0. The molecule has 2 N–H and O–H groups in total. The molecule has 5 rings (SSSR count). The van der Waals surface area contributed by atoms with Crippen LogP contribution in [0.25, 0.3) is 11.4 Å². The van der Waals surface area contributed by atoms with Gasteiger partial charge in [-0.2, -0.15) is 0 Å². The summed E-state index contributed by atoms with van der Waals surface area (Å²) in [5.74, 6) is 1.40. The zero-order valence-electron chi connectivity index (χ0n) is 23.2. The second-order valence-corrected chi connectivity index (χ2v) is 10.3. The average molecular weight is 588 g/mol. The van der Waals surface area contributed by atoms with Gasteiger partial charge < -0.3 is 10.3 Å². The molecular formula is C32H41Cl3N4. The van der Waals surface area contributed by atoms with Crippen molar-refractivity contribution in [3.63, 3.8) is 0 Å². The summed E-state index contributed by atoms with van der Waals surface area (Å²) in [5.41, 5.74) is 7.05. The highest BCUT2D eigenvalue weighted by Crippen LogP contribution is 2.51. The maximum absolute atomic E-state index is 5.46. The molecule has 2 heterocycles. The second-order valence-electron chi connectivity index (χ2n) is 10.3. The molecule has 0 aliphatic carbocycles. The summed E-state index contributed by atoms with van der Waals surface area (Å²) >= 11 is 0. The summed E-state index contributed by atoms with van der Waals surface area (Å²) < 4.78 is 0. The fourth-order valence-corrected chi connectivity index (χ4v) is 6.28. The molecule has 1 unspecified atom stereocenters. The maximum atomic E-state index is 5.46. The van der Waals surface area contributed by atoms with Crippen molar-refractivity contribution >= 4 is 37.2 Å². The summed E-state index contributed by atoms with van der Waals surface area (Å²) in [4.78, 5) is 11.9. The molecule has 4 aromatic rings. The van der Waals surface area contributed by atoms with Gasteiger partial charge in [0, 0.05) is 43.4 Å². The van der Waals surface area contributed by atoms with E-state index in [0.29, 0.717) is 5.92 Å². The number of aryl methyl sites for hydroxylation is 2. The van der Waals surface area contributed by atoms with E-state index in [0.717, 1.165) is 43.4 Å². The van der Waals surface area contributed by atoms with Crippen LogP contribution in [0.2, 0.25) is 0 Å². The molecule has 0 saturated carbocycles. The summed E-state index contributed by atoms with van der Waals surface area (Å²) in [6.07, 6.45) is 0. The summed E-state index contributed by atoms with van der Waals surface area (Å²) in [6, 6.07) is 30.6. The van der Waals surface area contributed by atoms with Crippen molar-refractivity contribution in [2.24, 2.45) is 5.92 Å². The van der Waals surface area contributed by atoms with Crippen molar-refractivity contribution in [2.45, 2.75) is 39.2 Å². The van der Waals surface area contributed by atoms with E-state index in [1.165, 1.54) is 22.3 Å². The van der Waals surface area contributed by atoms with Crippen molar-refractivity contribution in [1.29, 1.82) is 0 Å². The molecule has 7 heteroatoms. The van der Waals surface area contributed by atoms with E-state index in [4.69, 9.17) is 4.98 Å². The van der Waals surface area contributed by atoms with Gasteiger partial charge >= 0.3 is 0 Å². The van der Waals surface area contributed by atoms with Crippen LogP contribution in [0.5, 0.6) is 0 Å². The molecule has 1 saturated heterocycles. The number of H-pyrrole nitrogens is 1. The van der Waals surface area contributed by atoms with E-state index in [9.17, 15) is 0 Å². The molecule has 0 amide bonds. The molecule has 0 radical (unpaired) electrons. The van der Waals surface area contributed by atoms with Crippen molar-refractivity contribution in [2.75, 3.05) is 26.2 Å². The molecule has 39 heavy (non-hydrogen) atoms. The van der Waals surface area contributed by atoms with Gasteiger partial charge in [-0.1, -0.05) is 98.8 Å². The predicted molar refractivity (Wildman–Crippen MR) is 171 cm³/mol. The number of piperazine rings is 1. The lowest BCUT2D eigenvalue weighted by atomic mass is 9.65. The Hall–Kier alpha value is -2.34. The number of rotatable bonds is 7. The van der Waals surface area contributed by atoms with Crippen LogP contribution in [-0.4, -0.2) is 41.0 Å². The van der Waals surface area contributed by atoms with Gasteiger partial charge in [-0.05, 0) is 36.5 Å². The highest BCUT2D eigenvalue weighted by Gasteiger charge is 2.51. The van der Waals surface area contributed by atoms with Crippen LogP contribution in [-0.2, 0) is 5.54 Å². The fourth-order valence-electron chi connectivity index (χ4n) is 6.28. The molecule has 1 aliphatic rings. The zero-order chi connectivity index (χ0) is 25.1. The van der Waals surface area contributed by atoms with Crippen LogP contribution in [0.3, 0.4) is 0 Å². The normalized spacial score (nSPS) is 15.1. The third-order valence-corrected chi connectivity index (χ3v) is 7.89. The van der Waals surface area contributed by atoms with Gasteiger partial charge in [0.05, 0.1) is 11.2 Å². The Balaban J connectivity index is 0.00000178. The number of aromatic amines is 1. The first-order valence-electron chi connectivity index (χ1n) is 13.2. The lowest BCUT2D eigenvalue weighted by Crippen LogP contribution is -2.60. The number of hydrogen-bond donors (Lipinski definition) is 2. The first-order chi connectivity index (χ1) is 17.5. The Bertz CT molecular complexity index is 1250. The molecule has 0 bridgehead atoms. The van der Waals surface area contributed by atoms with E-state index < -0.39 is 0 Å². The van der Waals surface area contributed by atoms with Crippen LogP contribution in [0.1, 0.15) is 47.8 Å². The van der Waals surface area contributed by atoms with Crippen molar-refractivity contribution in [3.8, 4) is 11.4 Å². The van der Waals surface area contributed by atoms with Crippen LogP contribution < -0.4 is 5.32 Å². The predicted octanol–water partition coefficient (Wildman–Crippen LogP) is 7.55. The third-order valence-electron chi connectivity index (χ3n) is 7.89. The van der Waals surface area contributed by atoms with Crippen LogP contribution >= 0.6 is 37.2 Å². The molecular weight excluding hydrogens is 547 g/mol. The minimum atomic E-state index is -0.327. The van der Waals surface area contributed by atoms with Crippen LogP contribution in [0, 0.1) is 19.8 Å². The average Bonchev–Trinajstić information content (AvgIpc) is 3.30. The number of halogens is 3. The Morgan fingerprint density at radius 1 is 0.744 bits per heavy atom. The van der Waals surface area contributed by atoms with E-state index in [-0.39, 0.29) is 48.7 Å². The number of hydrogen-bond acceptors (Lipinski definition) is 3. The number of nitrogens with one attached hydrogen (secondary N) is 2. The van der Waals surface area contributed by atoms with E-state index in [2.05, 4.69) is 128 Å². The van der Waals surface area contributed by atoms with Gasteiger partial charge in [-0.3, -0.25) is 4.90 Å². The molecule has 1 aliphatic heterocycles. The Morgan fingerprint density at radius 2 is 1.26 bits per heavy atom. The van der Waals surface area contributed by atoms with Crippen molar-refractivity contribution < 1.29 is 0 Å². The van der Waals surface area contributed by atoms with Crippen LogP contribution in [0.15, 0.2) is 84.9 Å². The van der Waals surface area contributed by atoms with E-state index in [1.54, 1.807) is 0 Å². The molecule has 1 aromatic heterocycles. The smallest absolute Gasteiger partial charge is 0.138 e. The number of benzene rings is 3. The highest BCUT2D eigenvalue weighted by molar-refractivity contribution is 5.86. The van der Waals surface area contributed by atoms with Gasteiger partial charge in [-0.15, -0.1) is 37.2 Å². The number of aromatic nitrogens is 2. The molecule has 1 fully saturated rings. The molecule has 0 spiro atoms. The van der Waals surface area contributed by atoms with Gasteiger partial charge in [0.15, 0.2) is 0 Å². The summed E-state index contributed by atoms with van der Waals surface area (Å²) in [6.45, 7) is 13.1.